The summed E-state index contributed by atoms with van der Waals surface area (Å²) in [5.41, 5.74) is 3.03. The normalized spacial score (nSPS) is 29.1. The Morgan fingerprint density at radius 1 is 0.933 bits per heavy atom. The summed E-state index contributed by atoms with van der Waals surface area (Å²) >= 11 is 0. The van der Waals surface area contributed by atoms with Crippen LogP contribution in [0, 0.1) is 23.2 Å². The van der Waals surface area contributed by atoms with Gasteiger partial charge in [0.15, 0.2) is 0 Å². The van der Waals surface area contributed by atoms with Crippen molar-refractivity contribution in [2.24, 2.45) is 23.2 Å². The minimum Gasteiger partial charge on any atom is -0.468 e. The molecule has 1 aliphatic heterocycles. The number of amides is 1. The Morgan fingerprint density at radius 3 is 2.20 bits per heavy atom. The Kier molecular flexibility index (Phi) is 7.42. The molecule has 2 heterocycles. The number of alkyl carbamates (subject to hydrolysis) is 1. The highest BCUT2D eigenvalue weighted by atomic mass is 16.6. The zero-order valence-electron chi connectivity index (χ0n) is 26.5. The molecule has 45 heavy (non-hydrogen) atoms. The van der Waals surface area contributed by atoms with Crippen LogP contribution in [0.3, 0.4) is 0 Å². The third-order valence-electron chi connectivity index (χ3n) is 10.4. The van der Waals surface area contributed by atoms with Crippen molar-refractivity contribution >= 4 is 28.9 Å². The van der Waals surface area contributed by atoms with Gasteiger partial charge in [0.2, 0.25) is 0 Å². The maximum atomic E-state index is 14.0. The number of aromatic amines is 1. The van der Waals surface area contributed by atoms with E-state index < -0.39 is 29.7 Å². The van der Waals surface area contributed by atoms with E-state index in [1.165, 1.54) is 26.4 Å². The number of aromatic nitrogens is 1. The van der Waals surface area contributed by atoms with Crippen molar-refractivity contribution in [3.8, 4) is 5.75 Å². The molecule has 4 fully saturated rings. The molecular weight excluding hydrogens is 570 g/mol. The van der Waals surface area contributed by atoms with Gasteiger partial charge in [-0.25, -0.2) is 9.59 Å². The van der Waals surface area contributed by atoms with Crippen molar-refractivity contribution in [1.29, 1.82) is 0 Å². The van der Waals surface area contributed by atoms with Gasteiger partial charge in [-0.15, -0.1) is 0 Å². The van der Waals surface area contributed by atoms with Crippen LogP contribution in [-0.2, 0) is 25.5 Å². The molecular formula is C36H43N3O6. The van der Waals surface area contributed by atoms with Crippen molar-refractivity contribution in [3.63, 3.8) is 0 Å². The zero-order chi connectivity index (χ0) is 31.5. The van der Waals surface area contributed by atoms with Gasteiger partial charge in [-0.1, -0.05) is 30.3 Å². The summed E-state index contributed by atoms with van der Waals surface area (Å²) in [6, 6.07) is 13.9. The second kappa shape index (κ2) is 11.2. The minimum atomic E-state index is -0.782. The molecule has 0 spiro atoms. The van der Waals surface area contributed by atoms with Crippen LogP contribution in [0.5, 0.6) is 5.75 Å². The van der Waals surface area contributed by atoms with E-state index in [9.17, 15) is 14.4 Å². The molecule has 3 N–H and O–H groups in total. The fourth-order valence-electron chi connectivity index (χ4n) is 9.11. The van der Waals surface area contributed by atoms with E-state index in [1.807, 2.05) is 51.1 Å². The lowest BCUT2D eigenvalue weighted by molar-refractivity contribution is -0.148. The van der Waals surface area contributed by atoms with Crippen LogP contribution >= 0.6 is 0 Å². The van der Waals surface area contributed by atoms with Crippen LogP contribution in [0.4, 0.5) is 4.79 Å². The van der Waals surface area contributed by atoms with Crippen molar-refractivity contribution in [1.82, 2.24) is 15.6 Å². The van der Waals surface area contributed by atoms with Gasteiger partial charge in [0.25, 0.3) is 0 Å². The highest BCUT2D eigenvalue weighted by Crippen LogP contribution is 2.61. The highest BCUT2D eigenvalue weighted by molar-refractivity contribution is 5.87. The van der Waals surface area contributed by atoms with E-state index in [1.54, 1.807) is 12.1 Å². The summed E-state index contributed by atoms with van der Waals surface area (Å²) in [7, 11) is 1.40. The molecule has 9 heteroatoms. The number of methoxy groups -OCH3 is 1. The standard InChI is InChI=1S/C36H43N3O6/c1-35(2,3)45-34(42)39-31(36-17-20-13-21(18-36)15-22(14-20)19-36)33(41)44-24-11-9-23(10-12-24)29-30-26(16-28(38-29)32(40)43-4)25-7-5-6-8-27(25)37-30/h5-12,20-22,28-29,31,37-38H,13-19H2,1-4H3,(H,39,42)/t20?,21?,22?,28-,29+,31-,36?/m1/s1. The monoisotopic (exact) mass is 613 g/mol. The average Bonchev–Trinajstić information content (AvgIpc) is 3.36. The topological polar surface area (TPSA) is 119 Å². The lowest BCUT2D eigenvalue weighted by atomic mass is 9.47. The Bertz CT molecular complexity index is 1580. The van der Waals surface area contributed by atoms with Crippen LogP contribution < -0.4 is 15.4 Å². The predicted molar refractivity (Wildman–Crippen MR) is 169 cm³/mol. The number of fused-ring (bicyclic) bond motifs is 3. The molecule has 9 nitrogen and oxygen atoms in total. The quantitative estimate of drug-likeness (QED) is 0.232. The molecule has 1 aromatic heterocycles. The highest BCUT2D eigenvalue weighted by Gasteiger charge is 2.57. The Morgan fingerprint density at radius 2 is 1.58 bits per heavy atom. The maximum absolute atomic E-state index is 14.0. The number of benzene rings is 2. The molecule has 3 aromatic rings. The molecule has 8 rings (SSSR count). The van der Waals surface area contributed by atoms with Crippen molar-refractivity contribution in [3.05, 3.63) is 65.4 Å². The van der Waals surface area contributed by atoms with Gasteiger partial charge < -0.3 is 24.5 Å². The zero-order valence-corrected chi connectivity index (χ0v) is 26.5. The van der Waals surface area contributed by atoms with Crippen molar-refractivity contribution in [2.45, 2.75) is 89.4 Å². The molecule has 238 valence electrons. The third kappa shape index (κ3) is 5.71. The van der Waals surface area contributed by atoms with E-state index in [0.717, 1.165) is 47.0 Å². The smallest absolute Gasteiger partial charge is 0.408 e. The van der Waals surface area contributed by atoms with Gasteiger partial charge in [0, 0.05) is 28.4 Å². The fourth-order valence-corrected chi connectivity index (χ4v) is 9.11. The summed E-state index contributed by atoms with van der Waals surface area (Å²) in [6.45, 7) is 5.46. The number of rotatable bonds is 6. The first-order valence-electron chi connectivity index (χ1n) is 16.2. The van der Waals surface area contributed by atoms with Crippen LogP contribution in [-0.4, -0.2) is 47.8 Å². The number of para-hydroxylation sites is 1. The Hall–Kier alpha value is -3.85. The lowest BCUT2D eigenvalue weighted by Gasteiger charge is -2.58. The van der Waals surface area contributed by atoms with E-state index in [2.05, 4.69) is 21.7 Å². The van der Waals surface area contributed by atoms with Gasteiger partial charge >= 0.3 is 18.0 Å². The second-order valence-corrected chi connectivity index (χ2v) is 14.8. The van der Waals surface area contributed by atoms with Crippen molar-refractivity contribution < 1.29 is 28.6 Å². The summed E-state index contributed by atoms with van der Waals surface area (Å²) in [5.74, 6) is 1.43. The number of H-pyrrole nitrogens is 1. The maximum Gasteiger partial charge on any atom is 0.408 e. The number of hydrogen-bond donors (Lipinski definition) is 3. The fraction of sp³-hybridized carbons (Fsp3) is 0.528. The lowest BCUT2D eigenvalue weighted by Crippen LogP contribution is -2.61. The second-order valence-electron chi connectivity index (χ2n) is 14.8. The van der Waals surface area contributed by atoms with Crippen LogP contribution in [0.1, 0.15) is 82.2 Å². The summed E-state index contributed by atoms with van der Waals surface area (Å²) in [4.78, 5) is 43.2. The van der Waals surface area contributed by atoms with Gasteiger partial charge in [-0.3, -0.25) is 10.1 Å². The molecule has 2 aromatic carbocycles. The predicted octanol–water partition coefficient (Wildman–Crippen LogP) is 5.96. The SMILES string of the molecule is COC(=O)[C@H]1Cc2c([nH]c3ccccc23)[C@H](c2ccc(OC(=O)[C@@H](NC(=O)OC(C)(C)C)C34CC5CC(CC(C5)C3)C4)cc2)N1. The van der Waals surface area contributed by atoms with Gasteiger partial charge in [-0.2, -0.15) is 0 Å². The minimum absolute atomic E-state index is 0.288. The summed E-state index contributed by atoms with van der Waals surface area (Å²) in [5, 5.41) is 7.51. The van der Waals surface area contributed by atoms with E-state index in [-0.39, 0.29) is 17.4 Å². The number of nitrogens with one attached hydrogen (secondary N) is 3. The molecule has 1 amide bonds. The van der Waals surface area contributed by atoms with E-state index in [0.29, 0.717) is 29.9 Å². The molecule has 0 radical (unpaired) electrons. The molecule has 5 aliphatic rings. The average molecular weight is 614 g/mol. The van der Waals surface area contributed by atoms with E-state index >= 15 is 0 Å². The number of ether oxygens (including phenoxy) is 3. The van der Waals surface area contributed by atoms with Crippen LogP contribution in [0.25, 0.3) is 10.9 Å². The molecule has 0 saturated heterocycles. The molecule has 3 atom stereocenters. The number of hydrogen-bond acceptors (Lipinski definition) is 7. The third-order valence-corrected chi connectivity index (χ3v) is 10.4. The molecule has 0 unspecified atom stereocenters. The van der Waals surface area contributed by atoms with Crippen molar-refractivity contribution in [2.75, 3.05) is 7.11 Å². The van der Waals surface area contributed by atoms with Gasteiger partial charge in [0.1, 0.15) is 23.4 Å². The van der Waals surface area contributed by atoms with Crippen LogP contribution in [0.2, 0.25) is 0 Å². The number of esters is 2. The first-order valence-corrected chi connectivity index (χ1v) is 16.2. The van der Waals surface area contributed by atoms with Gasteiger partial charge in [0.05, 0.1) is 13.2 Å². The number of carbonyl (C=O) groups excluding carboxylic acids is 3. The summed E-state index contributed by atoms with van der Waals surface area (Å²) < 4.78 is 16.7. The first-order chi connectivity index (χ1) is 21.5. The number of carbonyl (C=O) groups is 3. The van der Waals surface area contributed by atoms with Gasteiger partial charge in [-0.05, 0) is 106 Å². The Balaban J connectivity index is 1.14. The molecule has 4 bridgehead atoms. The summed E-state index contributed by atoms with van der Waals surface area (Å²) in [6.07, 6.45) is 6.37. The largest absolute Gasteiger partial charge is 0.468 e. The molecule has 4 saturated carbocycles. The molecule has 4 aliphatic carbocycles. The first kappa shape index (κ1) is 29.8. The van der Waals surface area contributed by atoms with Crippen LogP contribution in [0.15, 0.2) is 48.5 Å². The Labute approximate surface area is 263 Å². The van der Waals surface area contributed by atoms with E-state index in [4.69, 9.17) is 14.2 Å².